The van der Waals surface area contributed by atoms with Gasteiger partial charge in [0.2, 0.25) is 0 Å². The first-order valence-electron chi connectivity index (χ1n) is 6.82. The lowest BCUT2D eigenvalue weighted by molar-refractivity contribution is -0.135. The summed E-state index contributed by atoms with van der Waals surface area (Å²) >= 11 is 0. The van der Waals surface area contributed by atoms with Crippen LogP contribution in [0.1, 0.15) is 0 Å². The maximum absolute atomic E-state index is 11.7. The van der Waals surface area contributed by atoms with Crippen molar-refractivity contribution in [2.24, 2.45) is 0 Å². The molecule has 7 heteroatoms. The Morgan fingerprint density at radius 2 is 1.39 bits per heavy atom. The van der Waals surface area contributed by atoms with Crippen molar-refractivity contribution in [1.82, 2.24) is 0 Å². The molecule has 0 unspecified atom stereocenters. The van der Waals surface area contributed by atoms with Gasteiger partial charge in [0.1, 0.15) is 24.6 Å². The number of esters is 1. The maximum atomic E-state index is 11.7. The molecule has 0 aliphatic carbocycles. The lowest BCUT2D eigenvalue weighted by Crippen LogP contribution is -2.19. The van der Waals surface area contributed by atoms with E-state index >= 15 is 0 Å². The summed E-state index contributed by atoms with van der Waals surface area (Å²) in [5.74, 6) is -0.914. The van der Waals surface area contributed by atoms with Crippen LogP contribution < -0.4 is 15.4 Å². The van der Waals surface area contributed by atoms with Gasteiger partial charge in [-0.05, 0) is 48.5 Å². The second-order valence-corrected chi connectivity index (χ2v) is 4.65. The molecule has 0 aliphatic rings. The summed E-state index contributed by atoms with van der Waals surface area (Å²) in [7, 11) is 0. The first kappa shape index (κ1) is 16.2. The van der Waals surface area contributed by atoms with Gasteiger partial charge in [-0.3, -0.25) is 4.79 Å². The molecule has 0 radical (unpaired) electrons. The third-order valence-electron chi connectivity index (χ3n) is 2.83. The Bertz CT molecular complexity index is 668. The van der Waals surface area contributed by atoms with Crippen LogP contribution in [0.4, 0.5) is 11.4 Å². The van der Waals surface area contributed by atoms with Crippen LogP contribution in [-0.4, -0.2) is 35.2 Å². The number of carbonyl (C=O) groups is 2. The molecule has 2 aromatic rings. The van der Waals surface area contributed by atoms with Gasteiger partial charge < -0.3 is 25.6 Å². The monoisotopic (exact) mass is 316 g/mol. The Morgan fingerprint density at radius 3 is 1.96 bits per heavy atom. The van der Waals surface area contributed by atoms with Crippen molar-refractivity contribution in [3.63, 3.8) is 0 Å². The van der Waals surface area contributed by atoms with Gasteiger partial charge >= 0.3 is 11.9 Å². The normalized spacial score (nSPS) is 9.91. The number of carboxylic acids is 1. The summed E-state index contributed by atoms with van der Waals surface area (Å²) in [5.41, 5.74) is 1.31. The van der Waals surface area contributed by atoms with Gasteiger partial charge in [0.05, 0.1) is 0 Å². The number of hydrogen-bond donors (Lipinski definition) is 4. The molecule has 0 atom stereocenters. The number of carbonyl (C=O) groups excluding carboxylic acids is 1. The first-order chi connectivity index (χ1) is 11.0. The zero-order chi connectivity index (χ0) is 16.7. The van der Waals surface area contributed by atoms with Gasteiger partial charge in [-0.2, -0.15) is 0 Å². The zero-order valence-corrected chi connectivity index (χ0v) is 12.2. The third kappa shape index (κ3) is 5.58. The summed E-state index contributed by atoms with van der Waals surface area (Å²) in [4.78, 5) is 22.2. The molecule has 0 aliphatic heterocycles. The van der Waals surface area contributed by atoms with E-state index in [1.165, 1.54) is 12.1 Å². The summed E-state index contributed by atoms with van der Waals surface area (Å²) in [6.07, 6.45) is 0. The minimum atomic E-state index is -0.958. The van der Waals surface area contributed by atoms with E-state index in [1.807, 2.05) is 0 Å². The number of ether oxygens (including phenoxy) is 1. The molecule has 2 aromatic carbocycles. The van der Waals surface area contributed by atoms with Crippen molar-refractivity contribution in [2.75, 3.05) is 23.7 Å². The molecule has 120 valence electrons. The SMILES string of the molecule is O=C(O)CNc1ccc(OC(=O)CNc2ccc(O)cc2)cc1. The van der Waals surface area contributed by atoms with Crippen LogP contribution in [0.25, 0.3) is 0 Å². The van der Waals surface area contributed by atoms with Crippen LogP contribution in [0.5, 0.6) is 11.5 Å². The Balaban J connectivity index is 1.80. The minimum absolute atomic E-state index is 0.0240. The molecule has 0 heterocycles. The lowest BCUT2D eigenvalue weighted by atomic mass is 10.3. The molecular weight excluding hydrogens is 300 g/mol. The summed E-state index contributed by atoms with van der Waals surface area (Å²) in [6.45, 7) is -0.209. The summed E-state index contributed by atoms with van der Waals surface area (Å²) in [6, 6.07) is 12.7. The van der Waals surface area contributed by atoms with Gasteiger partial charge in [0.25, 0.3) is 0 Å². The van der Waals surface area contributed by atoms with E-state index in [9.17, 15) is 9.59 Å². The fourth-order valence-electron chi connectivity index (χ4n) is 1.74. The Morgan fingerprint density at radius 1 is 0.870 bits per heavy atom. The number of aromatic hydroxyl groups is 1. The second kappa shape index (κ2) is 7.69. The number of benzene rings is 2. The maximum Gasteiger partial charge on any atom is 0.330 e. The molecule has 0 bridgehead atoms. The summed E-state index contributed by atoms with van der Waals surface area (Å²) in [5, 5.41) is 23.3. The first-order valence-corrected chi connectivity index (χ1v) is 6.82. The molecule has 0 spiro atoms. The molecule has 0 saturated heterocycles. The molecule has 2 rings (SSSR count). The highest BCUT2D eigenvalue weighted by atomic mass is 16.5. The smallest absolute Gasteiger partial charge is 0.330 e. The standard InChI is InChI=1S/C16H16N2O5/c19-13-5-1-11(2-6-13)18-10-16(22)23-14-7-3-12(4-8-14)17-9-15(20)21/h1-8,17-19H,9-10H2,(H,20,21). The van der Waals surface area contributed by atoms with E-state index in [4.69, 9.17) is 14.9 Å². The van der Waals surface area contributed by atoms with Crippen molar-refractivity contribution in [2.45, 2.75) is 0 Å². The average molecular weight is 316 g/mol. The number of phenolic OH excluding ortho intramolecular Hbond substituents is 1. The van der Waals surface area contributed by atoms with Crippen molar-refractivity contribution in [3.8, 4) is 11.5 Å². The topological polar surface area (TPSA) is 108 Å². The number of aliphatic carboxylic acids is 1. The van der Waals surface area contributed by atoms with E-state index in [0.29, 0.717) is 17.1 Å². The van der Waals surface area contributed by atoms with Crippen molar-refractivity contribution < 1.29 is 24.5 Å². The van der Waals surface area contributed by atoms with Gasteiger partial charge in [-0.1, -0.05) is 0 Å². The van der Waals surface area contributed by atoms with E-state index in [-0.39, 0.29) is 18.8 Å². The number of anilines is 2. The van der Waals surface area contributed by atoms with E-state index < -0.39 is 11.9 Å². The predicted molar refractivity (Wildman–Crippen MR) is 84.8 cm³/mol. The Hall–Kier alpha value is -3.22. The van der Waals surface area contributed by atoms with Crippen LogP contribution in [-0.2, 0) is 9.59 Å². The molecule has 4 N–H and O–H groups in total. The fraction of sp³-hybridized carbons (Fsp3) is 0.125. The molecule has 0 fully saturated rings. The number of hydrogen-bond acceptors (Lipinski definition) is 6. The fourth-order valence-corrected chi connectivity index (χ4v) is 1.74. The minimum Gasteiger partial charge on any atom is -0.508 e. The highest BCUT2D eigenvalue weighted by molar-refractivity contribution is 5.77. The van der Waals surface area contributed by atoms with Crippen LogP contribution >= 0.6 is 0 Å². The average Bonchev–Trinajstić information content (AvgIpc) is 2.53. The molecule has 0 amide bonds. The van der Waals surface area contributed by atoms with Gasteiger partial charge in [-0.15, -0.1) is 0 Å². The van der Waals surface area contributed by atoms with E-state index in [0.717, 1.165) is 0 Å². The number of nitrogens with one attached hydrogen (secondary N) is 2. The van der Waals surface area contributed by atoms with Crippen LogP contribution in [0, 0.1) is 0 Å². The van der Waals surface area contributed by atoms with Crippen LogP contribution in [0.2, 0.25) is 0 Å². The quantitative estimate of drug-likeness (QED) is 0.351. The third-order valence-corrected chi connectivity index (χ3v) is 2.83. The Labute approximate surface area is 132 Å². The summed E-state index contributed by atoms with van der Waals surface area (Å²) < 4.78 is 5.15. The van der Waals surface area contributed by atoms with Gasteiger partial charge in [0.15, 0.2) is 0 Å². The molecule has 0 saturated carbocycles. The highest BCUT2D eigenvalue weighted by Crippen LogP contribution is 2.16. The van der Waals surface area contributed by atoms with Gasteiger partial charge in [0, 0.05) is 11.4 Å². The zero-order valence-electron chi connectivity index (χ0n) is 12.2. The molecule has 7 nitrogen and oxygen atoms in total. The second-order valence-electron chi connectivity index (χ2n) is 4.65. The molecular formula is C16H16N2O5. The highest BCUT2D eigenvalue weighted by Gasteiger charge is 2.05. The van der Waals surface area contributed by atoms with Crippen molar-refractivity contribution in [1.29, 1.82) is 0 Å². The van der Waals surface area contributed by atoms with E-state index in [1.54, 1.807) is 36.4 Å². The van der Waals surface area contributed by atoms with Gasteiger partial charge in [-0.25, -0.2) is 4.79 Å². The number of phenols is 1. The largest absolute Gasteiger partial charge is 0.508 e. The van der Waals surface area contributed by atoms with Crippen molar-refractivity contribution >= 4 is 23.3 Å². The molecule has 0 aromatic heterocycles. The van der Waals surface area contributed by atoms with E-state index in [2.05, 4.69) is 10.6 Å². The van der Waals surface area contributed by atoms with Crippen LogP contribution in [0.3, 0.4) is 0 Å². The number of rotatable bonds is 7. The Kier molecular flexibility index (Phi) is 5.40. The number of carboxylic acid groups (broad SMARTS) is 1. The predicted octanol–water partition coefficient (Wildman–Crippen LogP) is 1.91. The van der Waals surface area contributed by atoms with Crippen molar-refractivity contribution in [3.05, 3.63) is 48.5 Å². The lowest BCUT2D eigenvalue weighted by Gasteiger charge is -2.08. The van der Waals surface area contributed by atoms with Crippen LogP contribution in [0.15, 0.2) is 48.5 Å². The molecule has 23 heavy (non-hydrogen) atoms.